The molecule has 2 fully saturated rings. The third-order valence-corrected chi connectivity index (χ3v) is 4.10. The number of morpholine rings is 1. The first-order chi connectivity index (χ1) is 8.80. The zero-order chi connectivity index (χ0) is 12.4. The van der Waals surface area contributed by atoms with Gasteiger partial charge in [0.15, 0.2) is 0 Å². The molecule has 2 heterocycles. The molecule has 0 aromatic heterocycles. The molecule has 3 nitrogen and oxygen atoms in total. The van der Waals surface area contributed by atoms with E-state index in [2.05, 4.69) is 36.5 Å². The lowest BCUT2D eigenvalue weighted by atomic mass is 9.72. The van der Waals surface area contributed by atoms with Gasteiger partial charge >= 0.3 is 0 Å². The molecule has 0 aliphatic carbocycles. The summed E-state index contributed by atoms with van der Waals surface area (Å²) < 4.78 is 11.4. The summed E-state index contributed by atoms with van der Waals surface area (Å²) in [7, 11) is 0. The molecule has 1 atom stereocenters. The highest BCUT2D eigenvalue weighted by Gasteiger charge is 2.43. The lowest BCUT2D eigenvalue weighted by Crippen LogP contribution is -2.52. The molecule has 18 heavy (non-hydrogen) atoms. The smallest absolute Gasteiger partial charge is 0.0710 e. The second-order valence-corrected chi connectivity index (χ2v) is 5.49. The topological polar surface area (TPSA) is 30.5 Å². The van der Waals surface area contributed by atoms with Crippen molar-refractivity contribution < 1.29 is 9.47 Å². The van der Waals surface area contributed by atoms with Gasteiger partial charge in [0.25, 0.3) is 0 Å². The maximum absolute atomic E-state index is 5.85. The fourth-order valence-electron chi connectivity index (χ4n) is 3.09. The molecular formula is C15H21NO2. The van der Waals surface area contributed by atoms with E-state index in [4.69, 9.17) is 9.47 Å². The van der Waals surface area contributed by atoms with Gasteiger partial charge in [-0.15, -0.1) is 0 Å². The Kier molecular flexibility index (Phi) is 3.37. The van der Waals surface area contributed by atoms with Gasteiger partial charge in [-0.1, -0.05) is 24.3 Å². The number of aryl methyl sites for hydroxylation is 1. The molecule has 2 aliphatic heterocycles. The fraction of sp³-hybridized carbons (Fsp3) is 0.600. The Hall–Kier alpha value is -0.900. The highest BCUT2D eigenvalue weighted by molar-refractivity contribution is 5.35. The van der Waals surface area contributed by atoms with Crippen molar-refractivity contribution >= 4 is 0 Å². The molecule has 0 radical (unpaired) electrons. The van der Waals surface area contributed by atoms with Gasteiger partial charge in [-0.2, -0.15) is 0 Å². The van der Waals surface area contributed by atoms with Crippen molar-refractivity contribution in [3.8, 4) is 0 Å². The highest BCUT2D eigenvalue weighted by atomic mass is 16.5. The van der Waals surface area contributed by atoms with Crippen LogP contribution in [-0.2, 0) is 14.9 Å². The molecule has 1 unspecified atom stereocenters. The lowest BCUT2D eigenvalue weighted by Gasteiger charge is -2.45. The normalized spacial score (nSPS) is 26.6. The molecule has 1 aromatic carbocycles. The van der Waals surface area contributed by atoms with Crippen LogP contribution in [-0.4, -0.2) is 39.0 Å². The second kappa shape index (κ2) is 5.00. The van der Waals surface area contributed by atoms with Crippen molar-refractivity contribution in [1.82, 2.24) is 5.32 Å². The van der Waals surface area contributed by atoms with Gasteiger partial charge in [0.05, 0.1) is 25.9 Å². The number of nitrogens with one attached hydrogen (secondary N) is 1. The predicted molar refractivity (Wildman–Crippen MR) is 70.9 cm³/mol. The summed E-state index contributed by atoms with van der Waals surface area (Å²) in [4.78, 5) is 0. The fourth-order valence-corrected chi connectivity index (χ4v) is 3.09. The van der Waals surface area contributed by atoms with Crippen molar-refractivity contribution in [3.05, 3.63) is 35.4 Å². The largest absolute Gasteiger partial charge is 0.379 e. The Bertz CT molecular complexity index is 409. The number of hydrogen-bond acceptors (Lipinski definition) is 3. The maximum atomic E-state index is 5.85. The van der Waals surface area contributed by atoms with Crippen LogP contribution in [0, 0.1) is 6.92 Å². The van der Waals surface area contributed by atoms with Crippen LogP contribution in [0.2, 0.25) is 0 Å². The third-order valence-electron chi connectivity index (χ3n) is 4.10. The van der Waals surface area contributed by atoms with E-state index in [1.807, 2.05) is 0 Å². The monoisotopic (exact) mass is 247 g/mol. The molecule has 98 valence electrons. The van der Waals surface area contributed by atoms with Crippen LogP contribution in [0.1, 0.15) is 17.5 Å². The highest BCUT2D eigenvalue weighted by Crippen LogP contribution is 2.39. The van der Waals surface area contributed by atoms with Gasteiger partial charge in [0.1, 0.15) is 0 Å². The Morgan fingerprint density at radius 1 is 1.33 bits per heavy atom. The van der Waals surface area contributed by atoms with Gasteiger partial charge in [0.2, 0.25) is 0 Å². The average Bonchev–Trinajstić information content (AvgIpc) is 2.36. The number of hydrogen-bond donors (Lipinski definition) is 1. The Balaban J connectivity index is 1.79. The summed E-state index contributed by atoms with van der Waals surface area (Å²) in [5.74, 6) is 0. The maximum Gasteiger partial charge on any atom is 0.0710 e. The van der Waals surface area contributed by atoms with E-state index >= 15 is 0 Å². The predicted octanol–water partition coefficient (Wildman–Crippen LogP) is 1.64. The summed E-state index contributed by atoms with van der Waals surface area (Å²) in [5, 5.41) is 3.41. The van der Waals surface area contributed by atoms with Crippen molar-refractivity contribution in [3.63, 3.8) is 0 Å². The van der Waals surface area contributed by atoms with Crippen molar-refractivity contribution in [1.29, 1.82) is 0 Å². The Morgan fingerprint density at radius 3 is 2.78 bits per heavy atom. The molecule has 3 heteroatoms. The first kappa shape index (κ1) is 12.2. The molecule has 0 spiro atoms. The van der Waals surface area contributed by atoms with Crippen molar-refractivity contribution in [2.75, 3.05) is 32.9 Å². The van der Waals surface area contributed by atoms with Crippen molar-refractivity contribution in [2.24, 2.45) is 0 Å². The molecule has 0 bridgehead atoms. The van der Waals surface area contributed by atoms with Crippen LogP contribution >= 0.6 is 0 Å². The number of ether oxygens (including phenoxy) is 2. The van der Waals surface area contributed by atoms with E-state index in [1.165, 1.54) is 11.1 Å². The lowest BCUT2D eigenvalue weighted by molar-refractivity contribution is -0.0944. The minimum atomic E-state index is 0.176. The van der Waals surface area contributed by atoms with E-state index < -0.39 is 0 Å². The van der Waals surface area contributed by atoms with Gasteiger partial charge in [-0.3, -0.25) is 0 Å². The van der Waals surface area contributed by atoms with E-state index in [-0.39, 0.29) is 5.41 Å². The SMILES string of the molecule is Cc1ccccc1C1(CC2CNCCO2)COC1. The molecular weight excluding hydrogens is 226 g/mol. The molecule has 0 amide bonds. The molecule has 3 rings (SSSR count). The van der Waals surface area contributed by atoms with E-state index in [0.717, 1.165) is 39.3 Å². The molecule has 1 aromatic rings. The molecule has 0 saturated carbocycles. The van der Waals surface area contributed by atoms with Crippen molar-refractivity contribution in [2.45, 2.75) is 24.9 Å². The summed E-state index contributed by atoms with van der Waals surface area (Å²) >= 11 is 0. The van der Waals surface area contributed by atoms with Gasteiger partial charge in [-0.05, 0) is 24.5 Å². The van der Waals surface area contributed by atoms with Gasteiger partial charge in [-0.25, -0.2) is 0 Å². The van der Waals surface area contributed by atoms with Gasteiger partial charge in [0, 0.05) is 18.5 Å². The number of rotatable bonds is 3. The quantitative estimate of drug-likeness (QED) is 0.881. The van der Waals surface area contributed by atoms with E-state index in [9.17, 15) is 0 Å². The van der Waals surface area contributed by atoms with Gasteiger partial charge < -0.3 is 14.8 Å². The molecule has 2 saturated heterocycles. The zero-order valence-corrected chi connectivity index (χ0v) is 10.9. The van der Waals surface area contributed by atoms with Crippen LogP contribution in [0.4, 0.5) is 0 Å². The first-order valence-electron chi connectivity index (χ1n) is 6.76. The summed E-state index contributed by atoms with van der Waals surface area (Å²) in [6.45, 7) is 6.62. The summed E-state index contributed by atoms with van der Waals surface area (Å²) in [6, 6.07) is 8.66. The minimum absolute atomic E-state index is 0.176. The zero-order valence-electron chi connectivity index (χ0n) is 10.9. The van der Waals surface area contributed by atoms with E-state index in [0.29, 0.717) is 6.10 Å². The van der Waals surface area contributed by atoms with E-state index in [1.54, 1.807) is 0 Å². The standard InChI is InChI=1S/C15H21NO2/c1-12-4-2-3-5-14(12)15(10-17-11-15)8-13-9-16-6-7-18-13/h2-5,13,16H,6-11H2,1H3. The number of benzene rings is 1. The first-order valence-corrected chi connectivity index (χ1v) is 6.76. The van der Waals surface area contributed by atoms with Crippen LogP contribution < -0.4 is 5.32 Å². The third kappa shape index (κ3) is 2.18. The Labute approximate surface area is 108 Å². The average molecular weight is 247 g/mol. The molecule has 1 N–H and O–H groups in total. The molecule has 2 aliphatic rings. The summed E-state index contributed by atoms with van der Waals surface area (Å²) in [6.07, 6.45) is 1.38. The van der Waals surface area contributed by atoms with Crippen LogP contribution in [0.15, 0.2) is 24.3 Å². The van der Waals surface area contributed by atoms with Crippen LogP contribution in [0.3, 0.4) is 0 Å². The Morgan fingerprint density at radius 2 is 2.17 bits per heavy atom. The second-order valence-electron chi connectivity index (χ2n) is 5.49. The van der Waals surface area contributed by atoms with Crippen LogP contribution in [0.5, 0.6) is 0 Å². The van der Waals surface area contributed by atoms with Crippen LogP contribution in [0.25, 0.3) is 0 Å². The minimum Gasteiger partial charge on any atom is -0.379 e. The summed E-state index contributed by atoms with van der Waals surface area (Å²) in [5.41, 5.74) is 2.98.